The highest BCUT2D eigenvalue weighted by molar-refractivity contribution is 5.33. The van der Waals surface area contributed by atoms with Gasteiger partial charge in [0.1, 0.15) is 5.75 Å². The first-order chi connectivity index (χ1) is 7.74. The Hall–Kier alpha value is -1.28. The lowest BCUT2D eigenvalue weighted by atomic mass is 10.2. The number of benzene rings is 1. The van der Waals surface area contributed by atoms with Crippen LogP contribution in [0, 0.1) is 0 Å². The largest absolute Gasteiger partial charge is 0.493 e. The van der Waals surface area contributed by atoms with E-state index in [1.165, 1.54) is 5.56 Å². The Morgan fingerprint density at radius 3 is 2.81 bits per heavy atom. The molecule has 2 heteroatoms. The third-order valence-electron chi connectivity index (χ3n) is 2.32. The summed E-state index contributed by atoms with van der Waals surface area (Å²) in [6.07, 6.45) is 0.912. The molecular weight excluding hydrogens is 198 g/mol. The molecule has 0 heterocycles. The van der Waals surface area contributed by atoms with Crippen molar-refractivity contribution in [3.05, 3.63) is 42.0 Å². The summed E-state index contributed by atoms with van der Waals surface area (Å²) in [5.74, 6) is 0.977. The van der Waals surface area contributed by atoms with Crippen LogP contribution in [0.3, 0.4) is 0 Å². The van der Waals surface area contributed by atoms with Crippen molar-refractivity contribution in [3.63, 3.8) is 0 Å². The van der Waals surface area contributed by atoms with Crippen molar-refractivity contribution < 1.29 is 4.74 Å². The normalized spacial score (nSPS) is 10.1. The topological polar surface area (TPSA) is 21.3 Å². The van der Waals surface area contributed by atoms with Crippen LogP contribution in [0.2, 0.25) is 0 Å². The molecule has 0 aromatic heterocycles. The lowest BCUT2D eigenvalue weighted by Gasteiger charge is -2.11. The maximum absolute atomic E-state index is 5.74. The van der Waals surface area contributed by atoms with Gasteiger partial charge in [0.15, 0.2) is 0 Å². The highest BCUT2D eigenvalue weighted by atomic mass is 16.5. The lowest BCUT2D eigenvalue weighted by molar-refractivity contribution is 0.317. The van der Waals surface area contributed by atoms with E-state index in [1.54, 1.807) is 0 Å². The van der Waals surface area contributed by atoms with Crippen LogP contribution in [0.5, 0.6) is 5.75 Å². The van der Waals surface area contributed by atoms with E-state index in [-0.39, 0.29) is 0 Å². The van der Waals surface area contributed by atoms with Crippen LogP contribution in [0.25, 0.3) is 0 Å². The fraction of sp³-hybridized carbons (Fsp3) is 0.429. The first kappa shape index (κ1) is 12.8. The minimum absolute atomic E-state index is 0.707. The van der Waals surface area contributed by atoms with E-state index in [4.69, 9.17) is 4.74 Å². The van der Waals surface area contributed by atoms with Gasteiger partial charge in [-0.1, -0.05) is 30.7 Å². The van der Waals surface area contributed by atoms with Gasteiger partial charge in [-0.3, -0.25) is 0 Å². The highest BCUT2D eigenvalue weighted by Gasteiger charge is 2.01. The fourth-order valence-electron chi connectivity index (χ4n) is 1.39. The first-order valence-corrected chi connectivity index (χ1v) is 5.80. The fourth-order valence-corrected chi connectivity index (χ4v) is 1.39. The minimum atomic E-state index is 0.707. The van der Waals surface area contributed by atoms with Gasteiger partial charge in [0.2, 0.25) is 0 Å². The molecule has 0 unspecified atom stereocenters. The molecule has 0 amide bonds. The molecule has 0 fully saturated rings. The molecule has 1 aromatic rings. The van der Waals surface area contributed by atoms with Crippen molar-refractivity contribution in [2.75, 3.05) is 13.2 Å². The van der Waals surface area contributed by atoms with Crippen LogP contribution < -0.4 is 10.1 Å². The number of nitrogens with one attached hydrogen (secondary N) is 1. The Labute approximate surface area is 98.3 Å². The van der Waals surface area contributed by atoms with Gasteiger partial charge < -0.3 is 10.1 Å². The van der Waals surface area contributed by atoms with Gasteiger partial charge in [0.05, 0.1) is 6.61 Å². The number of para-hydroxylation sites is 1. The van der Waals surface area contributed by atoms with Crippen molar-refractivity contribution >= 4 is 0 Å². The van der Waals surface area contributed by atoms with Gasteiger partial charge in [0.25, 0.3) is 0 Å². The van der Waals surface area contributed by atoms with E-state index in [9.17, 15) is 0 Å². The third-order valence-corrected chi connectivity index (χ3v) is 2.32. The third kappa shape index (κ3) is 4.49. The predicted molar refractivity (Wildman–Crippen MR) is 68.7 cm³/mol. The lowest BCUT2D eigenvalue weighted by Crippen LogP contribution is -2.13. The Morgan fingerprint density at radius 1 is 1.38 bits per heavy atom. The summed E-state index contributed by atoms with van der Waals surface area (Å²) in [4.78, 5) is 0. The van der Waals surface area contributed by atoms with Gasteiger partial charge in [-0.25, -0.2) is 0 Å². The molecule has 0 bridgehead atoms. The van der Waals surface area contributed by atoms with Crippen molar-refractivity contribution in [3.8, 4) is 5.75 Å². The molecule has 2 nitrogen and oxygen atoms in total. The Bertz CT molecular complexity index is 333. The van der Waals surface area contributed by atoms with E-state index in [0.717, 1.165) is 30.8 Å². The number of hydrogen-bond acceptors (Lipinski definition) is 2. The monoisotopic (exact) mass is 219 g/mol. The number of ether oxygens (including phenoxy) is 1. The van der Waals surface area contributed by atoms with Crippen LogP contribution in [-0.4, -0.2) is 13.2 Å². The van der Waals surface area contributed by atoms with E-state index in [0.29, 0.717) is 6.61 Å². The predicted octanol–water partition coefficient (Wildman–Crippen LogP) is 3.14. The molecule has 1 N–H and O–H groups in total. The van der Waals surface area contributed by atoms with E-state index >= 15 is 0 Å². The summed E-state index contributed by atoms with van der Waals surface area (Å²) in [5.41, 5.74) is 2.37. The smallest absolute Gasteiger partial charge is 0.123 e. The second-order valence-electron chi connectivity index (χ2n) is 3.94. The van der Waals surface area contributed by atoms with Crippen LogP contribution in [0.4, 0.5) is 0 Å². The molecule has 0 saturated heterocycles. The molecule has 0 radical (unpaired) electrons. The summed E-state index contributed by atoms with van der Waals surface area (Å²) < 4.78 is 5.74. The SMILES string of the molecule is C=C(C)CCOc1ccccc1CNCC. The minimum Gasteiger partial charge on any atom is -0.493 e. The molecule has 1 rings (SSSR count). The van der Waals surface area contributed by atoms with Crippen LogP contribution in [0.15, 0.2) is 36.4 Å². The van der Waals surface area contributed by atoms with Gasteiger partial charge in [-0.2, -0.15) is 0 Å². The van der Waals surface area contributed by atoms with E-state index in [1.807, 2.05) is 25.1 Å². The molecule has 0 atom stereocenters. The first-order valence-electron chi connectivity index (χ1n) is 5.80. The van der Waals surface area contributed by atoms with Gasteiger partial charge in [-0.05, 0) is 19.5 Å². The second kappa shape index (κ2) is 7.07. The molecule has 0 aliphatic carbocycles. The van der Waals surface area contributed by atoms with Crippen LogP contribution >= 0.6 is 0 Å². The molecule has 16 heavy (non-hydrogen) atoms. The highest BCUT2D eigenvalue weighted by Crippen LogP contribution is 2.18. The van der Waals surface area contributed by atoms with Crippen molar-refractivity contribution in [2.24, 2.45) is 0 Å². The van der Waals surface area contributed by atoms with Crippen molar-refractivity contribution in [1.82, 2.24) is 5.32 Å². The average Bonchev–Trinajstić information content (AvgIpc) is 2.27. The Balaban J connectivity index is 2.52. The van der Waals surface area contributed by atoms with Crippen LogP contribution in [-0.2, 0) is 6.54 Å². The maximum Gasteiger partial charge on any atom is 0.123 e. The zero-order valence-electron chi connectivity index (χ0n) is 10.3. The molecule has 1 aromatic carbocycles. The number of rotatable bonds is 7. The van der Waals surface area contributed by atoms with E-state index < -0.39 is 0 Å². The van der Waals surface area contributed by atoms with Gasteiger partial charge >= 0.3 is 0 Å². The zero-order valence-corrected chi connectivity index (χ0v) is 10.3. The molecule has 88 valence electrons. The summed E-state index contributed by atoms with van der Waals surface area (Å²) in [6, 6.07) is 8.16. The van der Waals surface area contributed by atoms with Gasteiger partial charge in [-0.15, -0.1) is 6.58 Å². The van der Waals surface area contributed by atoms with E-state index in [2.05, 4.69) is 24.9 Å². The maximum atomic E-state index is 5.74. The summed E-state index contributed by atoms with van der Waals surface area (Å²) in [6.45, 7) is 10.5. The van der Waals surface area contributed by atoms with Crippen molar-refractivity contribution in [1.29, 1.82) is 0 Å². The van der Waals surface area contributed by atoms with Crippen LogP contribution in [0.1, 0.15) is 25.8 Å². The molecule has 0 saturated carbocycles. The van der Waals surface area contributed by atoms with Crippen molar-refractivity contribution in [2.45, 2.75) is 26.8 Å². The second-order valence-corrected chi connectivity index (χ2v) is 3.94. The molecule has 0 aliphatic rings. The average molecular weight is 219 g/mol. The zero-order chi connectivity index (χ0) is 11.8. The Morgan fingerprint density at radius 2 is 2.12 bits per heavy atom. The standard InChI is InChI=1S/C14H21NO/c1-4-15-11-13-7-5-6-8-14(13)16-10-9-12(2)3/h5-8,15H,2,4,9-11H2,1,3H3. The summed E-state index contributed by atoms with van der Waals surface area (Å²) in [7, 11) is 0. The van der Waals surface area contributed by atoms with Gasteiger partial charge in [0, 0.05) is 18.5 Å². The summed E-state index contributed by atoms with van der Waals surface area (Å²) >= 11 is 0. The number of hydrogen-bond donors (Lipinski definition) is 1. The molecule has 0 spiro atoms. The molecule has 0 aliphatic heterocycles. The quantitative estimate of drug-likeness (QED) is 0.711. The summed E-state index contributed by atoms with van der Waals surface area (Å²) in [5, 5.41) is 3.31. The molecular formula is C14H21NO. The Kier molecular flexibility index (Phi) is 5.65.